The van der Waals surface area contributed by atoms with Crippen LogP contribution in [0.3, 0.4) is 0 Å². The van der Waals surface area contributed by atoms with Gasteiger partial charge in [-0.1, -0.05) is 6.92 Å². The average molecular weight is 284 g/mol. The Labute approximate surface area is 119 Å². The van der Waals surface area contributed by atoms with Crippen LogP contribution in [0.5, 0.6) is 0 Å². The SMILES string of the molecule is COC(=O)[C@H](C)N1C(=O)C[C@H](C)[C@@H]1C(=O)NC(C)(C)C. The second kappa shape index (κ2) is 5.81. The van der Waals surface area contributed by atoms with Gasteiger partial charge in [-0.05, 0) is 33.6 Å². The average Bonchev–Trinajstić information content (AvgIpc) is 2.59. The number of esters is 1. The first-order valence-electron chi connectivity index (χ1n) is 6.79. The van der Waals surface area contributed by atoms with Gasteiger partial charge >= 0.3 is 5.97 Å². The van der Waals surface area contributed by atoms with Crippen molar-refractivity contribution in [1.29, 1.82) is 0 Å². The number of likely N-dealkylation sites (tertiary alicyclic amines) is 1. The third kappa shape index (κ3) is 3.49. The molecule has 20 heavy (non-hydrogen) atoms. The number of carbonyl (C=O) groups excluding carboxylic acids is 3. The van der Waals surface area contributed by atoms with E-state index >= 15 is 0 Å². The maximum atomic E-state index is 12.4. The number of carbonyl (C=O) groups is 3. The summed E-state index contributed by atoms with van der Waals surface area (Å²) < 4.78 is 4.67. The second-order valence-corrected chi connectivity index (χ2v) is 6.37. The molecule has 1 aliphatic heterocycles. The van der Waals surface area contributed by atoms with Crippen LogP contribution < -0.4 is 5.32 Å². The van der Waals surface area contributed by atoms with E-state index in [-0.39, 0.29) is 29.7 Å². The van der Waals surface area contributed by atoms with E-state index in [9.17, 15) is 14.4 Å². The van der Waals surface area contributed by atoms with Crippen LogP contribution in [0.1, 0.15) is 41.0 Å². The highest BCUT2D eigenvalue weighted by molar-refractivity contribution is 5.94. The van der Waals surface area contributed by atoms with E-state index in [0.717, 1.165) is 0 Å². The number of nitrogens with one attached hydrogen (secondary N) is 1. The Morgan fingerprint density at radius 2 is 1.95 bits per heavy atom. The van der Waals surface area contributed by atoms with E-state index in [0.29, 0.717) is 0 Å². The lowest BCUT2D eigenvalue weighted by molar-refractivity contribution is -0.153. The zero-order valence-corrected chi connectivity index (χ0v) is 13.0. The molecule has 6 heteroatoms. The summed E-state index contributed by atoms with van der Waals surface area (Å²) in [4.78, 5) is 37.5. The van der Waals surface area contributed by atoms with Gasteiger partial charge in [0.1, 0.15) is 12.1 Å². The minimum absolute atomic E-state index is 0.128. The molecule has 114 valence electrons. The molecule has 1 heterocycles. The van der Waals surface area contributed by atoms with E-state index in [1.165, 1.54) is 12.0 Å². The van der Waals surface area contributed by atoms with Gasteiger partial charge in [0, 0.05) is 12.0 Å². The van der Waals surface area contributed by atoms with Crippen LogP contribution in [0, 0.1) is 5.92 Å². The first-order valence-corrected chi connectivity index (χ1v) is 6.79. The quantitative estimate of drug-likeness (QED) is 0.774. The Morgan fingerprint density at radius 3 is 2.40 bits per heavy atom. The van der Waals surface area contributed by atoms with Crippen molar-refractivity contribution in [2.45, 2.75) is 58.7 Å². The molecule has 0 radical (unpaired) electrons. The van der Waals surface area contributed by atoms with Gasteiger partial charge in [-0.15, -0.1) is 0 Å². The molecule has 0 aromatic rings. The molecule has 1 N–H and O–H groups in total. The van der Waals surface area contributed by atoms with Crippen molar-refractivity contribution in [2.75, 3.05) is 7.11 Å². The number of amides is 2. The highest BCUT2D eigenvalue weighted by Crippen LogP contribution is 2.28. The summed E-state index contributed by atoms with van der Waals surface area (Å²) >= 11 is 0. The van der Waals surface area contributed by atoms with E-state index in [4.69, 9.17) is 0 Å². The molecule has 1 saturated heterocycles. The summed E-state index contributed by atoms with van der Waals surface area (Å²) in [5, 5.41) is 2.87. The Morgan fingerprint density at radius 1 is 1.40 bits per heavy atom. The smallest absolute Gasteiger partial charge is 0.328 e. The number of ether oxygens (including phenoxy) is 1. The normalized spacial score (nSPS) is 24.5. The summed E-state index contributed by atoms with van der Waals surface area (Å²) in [5.41, 5.74) is -0.386. The largest absolute Gasteiger partial charge is 0.467 e. The molecule has 1 fully saturated rings. The van der Waals surface area contributed by atoms with E-state index < -0.39 is 18.1 Å². The van der Waals surface area contributed by atoms with Crippen molar-refractivity contribution in [1.82, 2.24) is 10.2 Å². The van der Waals surface area contributed by atoms with Gasteiger partial charge in [-0.3, -0.25) is 9.59 Å². The van der Waals surface area contributed by atoms with Crippen molar-refractivity contribution in [3.8, 4) is 0 Å². The molecule has 0 aromatic carbocycles. The fourth-order valence-electron chi connectivity index (χ4n) is 2.49. The number of nitrogens with zero attached hydrogens (tertiary/aromatic N) is 1. The Bertz CT molecular complexity index is 414. The highest BCUT2D eigenvalue weighted by Gasteiger charge is 2.46. The minimum Gasteiger partial charge on any atom is -0.467 e. The lowest BCUT2D eigenvalue weighted by Gasteiger charge is -2.32. The maximum Gasteiger partial charge on any atom is 0.328 e. The molecular weight excluding hydrogens is 260 g/mol. The Kier molecular flexibility index (Phi) is 4.78. The van der Waals surface area contributed by atoms with Gasteiger partial charge < -0.3 is 15.0 Å². The Balaban J connectivity index is 2.98. The van der Waals surface area contributed by atoms with E-state index in [1.54, 1.807) is 6.92 Å². The molecule has 0 aliphatic carbocycles. The predicted molar refractivity (Wildman–Crippen MR) is 73.8 cm³/mol. The minimum atomic E-state index is -0.756. The number of methoxy groups -OCH3 is 1. The first-order chi connectivity index (χ1) is 9.08. The van der Waals surface area contributed by atoms with Crippen LogP contribution >= 0.6 is 0 Å². The van der Waals surface area contributed by atoms with Gasteiger partial charge in [0.15, 0.2) is 0 Å². The molecule has 2 amide bonds. The lowest BCUT2D eigenvalue weighted by Crippen LogP contribution is -2.55. The topological polar surface area (TPSA) is 75.7 Å². The Hall–Kier alpha value is -1.59. The molecule has 0 unspecified atom stereocenters. The van der Waals surface area contributed by atoms with Crippen LogP contribution in [0.2, 0.25) is 0 Å². The summed E-state index contributed by atoms with van der Waals surface area (Å²) in [7, 11) is 1.27. The molecule has 6 nitrogen and oxygen atoms in total. The fraction of sp³-hybridized carbons (Fsp3) is 0.786. The van der Waals surface area contributed by atoms with Crippen LogP contribution in [-0.4, -0.2) is 47.4 Å². The number of hydrogen-bond acceptors (Lipinski definition) is 4. The molecule has 1 rings (SSSR count). The van der Waals surface area contributed by atoms with E-state index in [2.05, 4.69) is 10.1 Å². The van der Waals surface area contributed by atoms with E-state index in [1.807, 2.05) is 27.7 Å². The molecule has 0 saturated carbocycles. The zero-order valence-electron chi connectivity index (χ0n) is 13.0. The van der Waals surface area contributed by atoms with Gasteiger partial charge in [0.25, 0.3) is 0 Å². The molecule has 3 atom stereocenters. The van der Waals surface area contributed by atoms with Crippen molar-refractivity contribution >= 4 is 17.8 Å². The third-order valence-corrected chi connectivity index (χ3v) is 3.35. The summed E-state index contributed by atoms with van der Waals surface area (Å²) in [5.74, 6) is -1.06. The summed E-state index contributed by atoms with van der Waals surface area (Å²) in [6, 6.07) is -1.39. The van der Waals surface area contributed by atoms with Crippen molar-refractivity contribution in [2.24, 2.45) is 5.92 Å². The predicted octanol–water partition coefficient (Wildman–Crippen LogP) is 0.700. The lowest BCUT2D eigenvalue weighted by atomic mass is 9.99. The van der Waals surface area contributed by atoms with Crippen LogP contribution in [0.25, 0.3) is 0 Å². The van der Waals surface area contributed by atoms with Crippen LogP contribution in [0.15, 0.2) is 0 Å². The van der Waals surface area contributed by atoms with Gasteiger partial charge in [0.2, 0.25) is 11.8 Å². The second-order valence-electron chi connectivity index (χ2n) is 6.37. The summed E-state index contributed by atoms with van der Waals surface area (Å²) in [6.07, 6.45) is 0.267. The van der Waals surface area contributed by atoms with Crippen molar-refractivity contribution in [3.05, 3.63) is 0 Å². The maximum absolute atomic E-state index is 12.4. The standard InChI is InChI=1S/C14H24N2O4/c1-8-7-10(17)16(9(2)13(19)20-6)11(8)12(18)15-14(3,4)5/h8-9,11H,7H2,1-6H3,(H,15,18)/t8-,9-,11+/m0/s1. The molecule has 0 bridgehead atoms. The van der Waals surface area contributed by atoms with Gasteiger partial charge in [-0.25, -0.2) is 4.79 Å². The monoisotopic (exact) mass is 284 g/mol. The van der Waals surface area contributed by atoms with Crippen molar-refractivity contribution < 1.29 is 19.1 Å². The number of hydrogen-bond donors (Lipinski definition) is 1. The fourth-order valence-corrected chi connectivity index (χ4v) is 2.49. The molecule has 0 spiro atoms. The molecular formula is C14H24N2O4. The molecule has 0 aromatic heterocycles. The molecule has 1 aliphatic rings. The van der Waals surface area contributed by atoms with Gasteiger partial charge in [-0.2, -0.15) is 0 Å². The first kappa shape index (κ1) is 16.5. The van der Waals surface area contributed by atoms with Gasteiger partial charge in [0.05, 0.1) is 7.11 Å². The van der Waals surface area contributed by atoms with Crippen LogP contribution in [0.4, 0.5) is 0 Å². The highest BCUT2D eigenvalue weighted by atomic mass is 16.5. The zero-order chi connectivity index (χ0) is 15.7. The summed E-state index contributed by atoms with van der Waals surface area (Å²) in [6.45, 7) is 9.05. The third-order valence-electron chi connectivity index (χ3n) is 3.35. The number of rotatable bonds is 3. The van der Waals surface area contributed by atoms with Crippen molar-refractivity contribution in [3.63, 3.8) is 0 Å². The van der Waals surface area contributed by atoms with Crippen LogP contribution in [-0.2, 0) is 19.1 Å².